The standard InChI is InChI=1S/C15H15N3O.C7H8O3S/c1-18-11-5-8-14(12-18)15(19)17-16-10-9-13-6-3-2-4-7-13;1-6-2-4-7(5-3-6)11(8,9)10/h2-8,10-12H,9H2,1H3;2-5H,1H3,(H,8,9,10)/p+1/b16-10+;. The molecule has 0 saturated heterocycles. The van der Waals surface area contributed by atoms with Crippen LogP contribution < -0.4 is 9.99 Å². The Bertz CT molecular complexity index is 1100. The van der Waals surface area contributed by atoms with Crippen molar-refractivity contribution in [2.75, 3.05) is 0 Å². The maximum atomic E-state index is 11.8. The Morgan fingerprint density at radius 3 is 2.33 bits per heavy atom. The lowest BCUT2D eigenvalue weighted by atomic mass is 10.2. The van der Waals surface area contributed by atoms with Gasteiger partial charge in [-0.1, -0.05) is 48.0 Å². The summed E-state index contributed by atoms with van der Waals surface area (Å²) in [5.41, 5.74) is 5.21. The van der Waals surface area contributed by atoms with Gasteiger partial charge in [0.25, 0.3) is 16.0 Å². The lowest BCUT2D eigenvalue weighted by Crippen LogP contribution is -2.29. The van der Waals surface area contributed by atoms with E-state index in [0.29, 0.717) is 12.0 Å². The molecule has 0 bridgehead atoms. The molecular formula is C22H24N3O4S+. The Hall–Kier alpha value is -3.36. The molecule has 3 rings (SSSR count). The Labute approximate surface area is 176 Å². The van der Waals surface area contributed by atoms with Gasteiger partial charge in [-0.3, -0.25) is 9.35 Å². The van der Waals surface area contributed by atoms with Crippen molar-refractivity contribution in [1.82, 2.24) is 5.43 Å². The summed E-state index contributed by atoms with van der Waals surface area (Å²) in [6, 6.07) is 19.5. The van der Waals surface area contributed by atoms with Gasteiger partial charge in [0, 0.05) is 18.7 Å². The molecule has 0 radical (unpaired) electrons. The van der Waals surface area contributed by atoms with Crippen LogP contribution in [-0.4, -0.2) is 25.1 Å². The molecule has 30 heavy (non-hydrogen) atoms. The van der Waals surface area contributed by atoms with E-state index in [9.17, 15) is 13.2 Å². The molecule has 0 aliphatic heterocycles. The summed E-state index contributed by atoms with van der Waals surface area (Å²) in [5.74, 6) is -0.208. The molecule has 1 heterocycles. The molecule has 2 N–H and O–H groups in total. The van der Waals surface area contributed by atoms with Crippen molar-refractivity contribution >= 4 is 22.2 Å². The predicted octanol–water partition coefficient (Wildman–Crippen LogP) is 2.71. The average molecular weight is 427 g/mol. The molecule has 2 aromatic carbocycles. The molecule has 0 unspecified atom stereocenters. The monoisotopic (exact) mass is 426 g/mol. The maximum absolute atomic E-state index is 11.8. The summed E-state index contributed by atoms with van der Waals surface area (Å²) < 4.78 is 31.4. The molecule has 0 aliphatic carbocycles. The van der Waals surface area contributed by atoms with Crippen molar-refractivity contribution in [1.29, 1.82) is 0 Å². The SMILES string of the molecule is C[n+]1cccc(C(=O)N/N=C/Cc2ccccc2)c1.Cc1ccc(S(=O)(=O)O)cc1. The van der Waals surface area contributed by atoms with Gasteiger partial charge in [-0.25, -0.2) is 9.99 Å². The van der Waals surface area contributed by atoms with Crippen LogP contribution in [0.1, 0.15) is 21.5 Å². The number of carbonyl (C=O) groups is 1. The fourth-order valence-electron chi connectivity index (χ4n) is 2.37. The number of hydrogen-bond acceptors (Lipinski definition) is 4. The second-order valence-electron chi connectivity index (χ2n) is 6.49. The van der Waals surface area contributed by atoms with Crippen molar-refractivity contribution < 1.29 is 22.3 Å². The first-order chi connectivity index (χ1) is 14.3. The van der Waals surface area contributed by atoms with E-state index in [1.807, 2.05) is 61.1 Å². The Balaban J connectivity index is 0.000000248. The largest absolute Gasteiger partial charge is 0.294 e. The van der Waals surface area contributed by atoms with Gasteiger partial charge in [-0.2, -0.15) is 13.5 Å². The van der Waals surface area contributed by atoms with Gasteiger partial charge in [0.2, 0.25) is 0 Å². The molecule has 0 atom stereocenters. The lowest BCUT2D eigenvalue weighted by molar-refractivity contribution is -0.671. The highest BCUT2D eigenvalue weighted by molar-refractivity contribution is 7.85. The van der Waals surface area contributed by atoms with Crippen LogP contribution in [0.5, 0.6) is 0 Å². The van der Waals surface area contributed by atoms with Crippen LogP contribution in [0.2, 0.25) is 0 Å². The second kappa shape index (κ2) is 11.0. The summed E-state index contributed by atoms with van der Waals surface area (Å²) >= 11 is 0. The highest BCUT2D eigenvalue weighted by Gasteiger charge is 2.07. The highest BCUT2D eigenvalue weighted by atomic mass is 32.2. The molecule has 8 heteroatoms. The fraction of sp³-hybridized carbons (Fsp3) is 0.136. The van der Waals surface area contributed by atoms with Crippen LogP contribution in [0, 0.1) is 6.92 Å². The number of rotatable bonds is 5. The van der Waals surface area contributed by atoms with Crippen molar-refractivity contribution in [3.63, 3.8) is 0 Å². The summed E-state index contributed by atoms with van der Waals surface area (Å²) in [5, 5.41) is 3.94. The summed E-state index contributed by atoms with van der Waals surface area (Å²) in [6.45, 7) is 1.84. The number of carbonyl (C=O) groups excluding carboxylic acids is 1. The smallest absolute Gasteiger partial charge is 0.282 e. The zero-order chi connectivity index (χ0) is 22.0. The molecule has 0 aliphatic rings. The molecule has 0 spiro atoms. The Morgan fingerprint density at radius 2 is 1.73 bits per heavy atom. The molecule has 156 valence electrons. The van der Waals surface area contributed by atoms with Crippen LogP contribution >= 0.6 is 0 Å². The van der Waals surface area contributed by atoms with Crippen LogP contribution in [0.25, 0.3) is 0 Å². The third-order valence-electron chi connectivity index (χ3n) is 3.95. The van der Waals surface area contributed by atoms with Crippen molar-refractivity contribution in [2.24, 2.45) is 12.1 Å². The van der Waals surface area contributed by atoms with Crippen LogP contribution in [-0.2, 0) is 23.6 Å². The number of pyridine rings is 1. The highest BCUT2D eigenvalue weighted by Crippen LogP contribution is 2.08. The van der Waals surface area contributed by atoms with Gasteiger partial charge in [-0.05, 0) is 30.7 Å². The zero-order valence-corrected chi connectivity index (χ0v) is 17.6. The number of aromatic nitrogens is 1. The number of nitrogens with one attached hydrogen (secondary N) is 1. The van der Waals surface area contributed by atoms with Crippen LogP contribution in [0.3, 0.4) is 0 Å². The van der Waals surface area contributed by atoms with Gasteiger partial charge in [0.15, 0.2) is 12.4 Å². The predicted molar refractivity (Wildman–Crippen MR) is 115 cm³/mol. The minimum atomic E-state index is -4.02. The zero-order valence-electron chi connectivity index (χ0n) is 16.8. The number of amides is 1. The molecular weight excluding hydrogens is 402 g/mol. The van der Waals surface area contributed by atoms with Crippen molar-refractivity contribution in [3.05, 3.63) is 95.8 Å². The third kappa shape index (κ3) is 7.94. The summed E-state index contributed by atoms with van der Waals surface area (Å²) in [4.78, 5) is 11.7. The van der Waals surface area contributed by atoms with E-state index in [1.165, 1.54) is 12.1 Å². The molecule has 3 aromatic rings. The third-order valence-corrected chi connectivity index (χ3v) is 4.82. The first-order valence-corrected chi connectivity index (χ1v) is 10.5. The summed E-state index contributed by atoms with van der Waals surface area (Å²) in [7, 11) is -2.15. The van der Waals surface area contributed by atoms with E-state index in [2.05, 4.69) is 10.5 Å². The number of nitrogens with zero attached hydrogens (tertiary/aromatic N) is 2. The molecule has 0 saturated carbocycles. The first kappa shape index (κ1) is 22.9. The van der Waals surface area contributed by atoms with Gasteiger partial charge < -0.3 is 0 Å². The minimum absolute atomic E-state index is 0.0666. The number of hydrazone groups is 1. The topological polar surface area (TPSA) is 99.7 Å². The Morgan fingerprint density at radius 1 is 1.07 bits per heavy atom. The maximum Gasteiger partial charge on any atom is 0.294 e. The second-order valence-corrected chi connectivity index (χ2v) is 7.91. The van der Waals surface area contributed by atoms with E-state index >= 15 is 0 Å². The number of aryl methyl sites for hydroxylation is 2. The van der Waals surface area contributed by atoms with Crippen molar-refractivity contribution in [2.45, 2.75) is 18.2 Å². The molecule has 7 nitrogen and oxygen atoms in total. The minimum Gasteiger partial charge on any atom is -0.282 e. The van der Waals surface area contributed by atoms with E-state index in [1.54, 1.807) is 30.6 Å². The van der Waals surface area contributed by atoms with Crippen LogP contribution in [0.4, 0.5) is 0 Å². The van der Waals surface area contributed by atoms with Gasteiger partial charge in [-0.15, -0.1) is 0 Å². The normalized spacial score (nSPS) is 10.9. The van der Waals surface area contributed by atoms with E-state index in [0.717, 1.165) is 11.1 Å². The van der Waals surface area contributed by atoms with Crippen molar-refractivity contribution in [3.8, 4) is 0 Å². The Kier molecular flexibility index (Phi) is 8.40. The van der Waals surface area contributed by atoms with E-state index in [-0.39, 0.29) is 10.8 Å². The quantitative estimate of drug-likeness (QED) is 0.284. The number of hydrogen-bond donors (Lipinski definition) is 2. The van der Waals surface area contributed by atoms with E-state index < -0.39 is 10.1 Å². The molecule has 1 amide bonds. The number of benzene rings is 2. The van der Waals surface area contributed by atoms with Crippen LogP contribution in [0.15, 0.2) is 89.1 Å². The fourth-order valence-corrected chi connectivity index (χ4v) is 2.85. The van der Waals surface area contributed by atoms with Gasteiger partial charge in [0.05, 0.1) is 4.90 Å². The average Bonchev–Trinajstić information content (AvgIpc) is 2.72. The lowest BCUT2D eigenvalue weighted by Gasteiger charge is -1.98. The molecule has 0 fully saturated rings. The van der Waals surface area contributed by atoms with E-state index in [4.69, 9.17) is 4.55 Å². The van der Waals surface area contributed by atoms with Gasteiger partial charge >= 0.3 is 0 Å². The first-order valence-electron chi connectivity index (χ1n) is 9.11. The molecule has 1 aromatic heterocycles. The van der Waals surface area contributed by atoms with Gasteiger partial charge in [0.1, 0.15) is 12.6 Å². The summed E-state index contributed by atoms with van der Waals surface area (Å²) in [6.07, 6.45) is 6.01.